The molecule has 5 rings (SSSR count). The number of aryl methyl sites for hydroxylation is 1. The molecule has 0 N–H and O–H groups in total. The van der Waals surface area contributed by atoms with Gasteiger partial charge in [-0.1, -0.05) is 17.7 Å². The van der Waals surface area contributed by atoms with Crippen LogP contribution in [-0.4, -0.2) is 49.3 Å². The Morgan fingerprint density at radius 2 is 2.00 bits per heavy atom. The summed E-state index contributed by atoms with van der Waals surface area (Å²) in [5.74, 6) is -4.28. The van der Waals surface area contributed by atoms with Gasteiger partial charge in [0.1, 0.15) is 11.2 Å². The summed E-state index contributed by atoms with van der Waals surface area (Å²) in [7, 11) is 0. The van der Waals surface area contributed by atoms with E-state index in [4.69, 9.17) is 16.0 Å². The van der Waals surface area contributed by atoms with Crippen LogP contribution in [0.5, 0.6) is 0 Å². The van der Waals surface area contributed by atoms with Gasteiger partial charge in [-0.2, -0.15) is 10.2 Å². The van der Waals surface area contributed by atoms with E-state index in [1.807, 2.05) is 0 Å². The van der Waals surface area contributed by atoms with E-state index in [1.165, 1.54) is 24.5 Å². The Morgan fingerprint density at radius 1 is 1.21 bits per heavy atom. The number of para-hydroxylation sites is 1. The topological polar surface area (TPSA) is 77.1 Å². The molecule has 4 aromatic rings. The number of hydrogen-bond acceptors (Lipinski definition) is 5. The molecular formula is C22H17ClF3N5O2. The van der Waals surface area contributed by atoms with Crippen molar-refractivity contribution < 1.29 is 22.4 Å². The first kappa shape index (κ1) is 21.4. The number of hydrogen-bond donors (Lipinski definition) is 0. The minimum absolute atomic E-state index is 0.0794. The first-order valence-electron chi connectivity index (χ1n) is 10.2. The molecule has 3 heterocycles. The van der Waals surface area contributed by atoms with Gasteiger partial charge in [-0.05, 0) is 30.7 Å². The van der Waals surface area contributed by atoms with Crippen molar-refractivity contribution in [3.8, 4) is 5.69 Å². The fourth-order valence-corrected chi connectivity index (χ4v) is 4.28. The molecule has 33 heavy (non-hydrogen) atoms. The van der Waals surface area contributed by atoms with Gasteiger partial charge in [0.05, 0.1) is 24.0 Å². The van der Waals surface area contributed by atoms with E-state index in [0.29, 0.717) is 16.1 Å². The lowest BCUT2D eigenvalue weighted by Crippen LogP contribution is -2.43. The molecule has 7 nitrogen and oxygen atoms in total. The second-order valence-corrected chi connectivity index (χ2v) is 8.17. The van der Waals surface area contributed by atoms with Gasteiger partial charge < -0.3 is 9.32 Å². The van der Waals surface area contributed by atoms with Crippen molar-refractivity contribution >= 4 is 28.6 Å². The van der Waals surface area contributed by atoms with Crippen molar-refractivity contribution in [2.24, 2.45) is 0 Å². The maximum atomic E-state index is 14.8. The van der Waals surface area contributed by atoms with Gasteiger partial charge in [0, 0.05) is 30.5 Å². The van der Waals surface area contributed by atoms with Crippen molar-refractivity contribution in [2.75, 3.05) is 6.54 Å². The number of carbonyl (C=O) groups is 1. The number of oxazole rings is 1. The van der Waals surface area contributed by atoms with Crippen LogP contribution in [0.3, 0.4) is 0 Å². The number of carbonyl (C=O) groups excluding carboxylic acids is 1. The average Bonchev–Trinajstić information content (AvgIpc) is 3.50. The minimum atomic E-state index is -3.11. The summed E-state index contributed by atoms with van der Waals surface area (Å²) in [6, 6.07) is 7.43. The zero-order valence-electron chi connectivity index (χ0n) is 17.1. The van der Waals surface area contributed by atoms with Gasteiger partial charge >= 0.3 is 0 Å². The molecule has 0 radical (unpaired) electrons. The first-order valence-corrected chi connectivity index (χ1v) is 10.6. The third kappa shape index (κ3) is 3.95. The molecule has 1 amide bonds. The average molecular weight is 476 g/mol. The second kappa shape index (κ2) is 8.18. The van der Waals surface area contributed by atoms with Gasteiger partial charge in [0.25, 0.3) is 11.8 Å². The highest BCUT2D eigenvalue weighted by Crippen LogP contribution is 2.38. The van der Waals surface area contributed by atoms with Crippen molar-refractivity contribution in [3.05, 3.63) is 71.1 Å². The summed E-state index contributed by atoms with van der Waals surface area (Å²) >= 11 is 5.95. The largest absolute Gasteiger partial charge is 0.441 e. The highest BCUT2D eigenvalue weighted by molar-refractivity contribution is 6.31. The number of amides is 1. The molecule has 11 heteroatoms. The van der Waals surface area contributed by atoms with E-state index in [1.54, 1.807) is 18.2 Å². The number of rotatable bonds is 5. The fraction of sp³-hybridized carbons (Fsp3) is 0.273. The van der Waals surface area contributed by atoms with Crippen molar-refractivity contribution in [2.45, 2.75) is 31.2 Å². The summed E-state index contributed by atoms with van der Waals surface area (Å²) in [5.41, 5.74) is 0.749. The summed E-state index contributed by atoms with van der Waals surface area (Å²) < 4.78 is 49.8. The lowest BCUT2D eigenvalue weighted by molar-refractivity contribution is -0.0323. The Hall–Kier alpha value is -3.40. The Balaban J connectivity index is 1.42. The predicted octanol–water partition coefficient (Wildman–Crippen LogP) is 4.68. The fourth-order valence-electron chi connectivity index (χ4n) is 4.12. The molecule has 0 saturated carbocycles. The van der Waals surface area contributed by atoms with Crippen molar-refractivity contribution in [1.29, 1.82) is 0 Å². The molecule has 170 valence electrons. The highest BCUT2D eigenvalue weighted by Gasteiger charge is 2.50. The van der Waals surface area contributed by atoms with Crippen molar-refractivity contribution in [3.63, 3.8) is 0 Å². The normalized spacial score (nSPS) is 17.7. The molecule has 0 spiro atoms. The summed E-state index contributed by atoms with van der Waals surface area (Å²) in [6.45, 7) is -0.165. The smallest absolute Gasteiger partial charge is 0.269 e. The summed E-state index contributed by atoms with van der Waals surface area (Å²) in [5, 5.41) is 8.24. The molecule has 1 atom stereocenters. The minimum Gasteiger partial charge on any atom is -0.441 e. The van der Waals surface area contributed by atoms with Gasteiger partial charge in [0.15, 0.2) is 17.3 Å². The molecule has 1 saturated heterocycles. The van der Waals surface area contributed by atoms with E-state index in [9.17, 15) is 18.0 Å². The zero-order valence-corrected chi connectivity index (χ0v) is 17.8. The van der Waals surface area contributed by atoms with Crippen LogP contribution in [0.2, 0.25) is 5.02 Å². The number of fused-ring (bicyclic) bond motifs is 1. The number of likely N-dealkylation sites (tertiary alicyclic amines) is 1. The molecule has 1 aliphatic rings. The first-order chi connectivity index (χ1) is 15.8. The van der Waals surface area contributed by atoms with Gasteiger partial charge in [0.2, 0.25) is 0 Å². The van der Waals surface area contributed by atoms with Crippen LogP contribution in [0.4, 0.5) is 13.2 Å². The molecule has 0 unspecified atom stereocenters. The highest BCUT2D eigenvalue weighted by atomic mass is 35.5. The quantitative estimate of drug-likeness (QED) is 0.419. The van der Waals surface area contributed by atoms with E-state index >= 15 is 0 Å². The molecule has 0 aliphatic carbocycles. The van der Waals surface area contributed by atoms with Gasteiger partial charge in [-0.3, -0.25) is 4.79 Å². The molecule has 1 fully saturated rings. The van der Waals surface area contributed by atoms with E-state index in [0.717, 1.165) is 15.8 Å². The molecule has 0 bridgehead atoms. The maximum absolute atomic E-state index is 14.8. The Morgan fingerprint density at radius 3 is 2.79 bits per heavy atom. The third-order valence-electron chi connectivity index (χ3n) is 5.67. The van der Waals surface area contributed by atoms with Crippen LogP contribution in [0.15, 0.2) is 53.2 Å². The standard InChI is InChI=1S/C22H17ClF3N5O2/c23-13-4-5-16-17(12-13)33-19(29-16)7-6-18-22(25,26)8-11-30(18)21(32)14-2-1-3-15(24)20(14)31-27-9-10-28-31/h1-5,9-10,12,18H,6-8,11H2/t18-/m1/s1. The molecule has 2 aromatic heterocycles. The van der Waals surface area contributed by atoms with Crippen LogP contribution >= 0.6 is 11.6 Å². The second-order valence-electron chi connectivity index (χ2n) is 7.74. The number of nitrogens with zero attached hydrogens (tertiary/aromatic N) is 5. The summed E-state index contributed by atoms with van der Waals surface area (Å²) in [4.78, 5) is 19.7. The van der Waals surface area contributed by atoms with E-state index in [2.05, 4.69) is 15.2 Å². The lowest BCUT2D eigenvalue weighted by atomic mass is 10.0. The van der Waals surface area contributed by atoms with Crippen LogP contribution in [0, 0.1) is 5.82 Å². The van der Waals surface area contributed by atoms with Gasteiger partial charge in [-0.15, -0.1) is 4.80 Å². The van der Waals surface area contributed by atoms with Crippen LogP contribution in [0.25, 0.3) is 16.8 Å². The van der Waals surface area contributed by atoms with Gasteiger partial charge in [-0.25, -0.2) is 18.2 Å². The number of benzene rings is 2. The Labute approximate surface area is 190 Å². The zero-order chi connectivity index (χ0) is 23.2. The number of aromatic nitrogens is 4. The molecular weight excluding hydrogens is 459 g/mol. The Bertz CT molecular complexity index is 1330. The van der Waals surface area contributed by atoms with Crippen LogP contribution in [0.1, 0.15) is 29.1 Å². The Kier molecular flexibility index (Phi) is 5.32. The van der Waals surface area contributed by atoms with Crippen LogP contribution < -0.4 is 0 Å². The van der Waals surface area contributed by atoms with Crippen LogP contribution in [-0.2, 0) is 6.42 Å². The number of halogens is 4. The maximum Gasteiger partial charge on any atom is 0.269 e. The summed E-state index contributed by atoms with van der Waals surface area (Å²) in [6.07, 6.45) is 2.19. The lowest BCUT2D eigenvalue weighted by Gasteiger charge is -2.28. The van der Waals surface area contributed by atoms with E-state index in [-0.39, 0.29) is 36.5 Å². The van der Waals surface area contributed by atoms with E-state index < -0.39 is 30.1 Å². The molecule has 2 aromatic carbocycles. The number of alkyl halides is 2. The predicted molar refractivity (Wildman–Crippen MR) is 113 cm³/mol. The van der Waals surface area contributed by atoms with Crippen molar-refractivity contribution in [1.82, 2.24) is 24.9 Å². The SMILES string of the molecule is O=C(c1cccc(F)c1-n1nccn1)N1CCC(F)(F)[C@H]1CCc1nc2ccc(Cl)cc2o1. The molecule has 1 aliphatic heterocycles. The third-order valence-corrected chi connectivity index (χ3v) is 5.91. The monoisotopic (exact) mass is 475 g/mol.